The zero-order valence-corrected chi connectivity index (χ0v) is 15.9. The van der Waals surface area contributed by atoms with E-state index in [2.05, 4.69) is 6.58 Å². The Hall–Kier alpha value is -3.54. The zero-order valence-electron chi connectivity index (χ0n) is 15.9. The van der Waals surface area contributed by atoms with Crippen molar-refractivity contribution in [2.24, 2.45) is 0 Å². The maximum atomic E-state index is 12.8. The maximum Gasteiger partial charge on any atom is 0.514 e. The lowest BCUT2D eigenvalue weighted by molar-refractivity contribution is 0.109. The third-order valence-corrected chi connectivity index (χ3v) is 4.22. The second kappa shape index (κ2) is 8.00. The van der Waals surface area contributed by atoms with E-state index < -0.39 is 6.16 Å². The standard InChI is InChI=1S/C22H20O6/c1-5-8-25-22(24)27-16-6-7-17-19(11-16)26-12-20(21(17)23)28-18-10-13(2)9-14(3)15(18)4/h5-7,9-12H,1,8H2,2-4H3. The number of fused-ring (bicyclic) bond motifs is 1. The van der Waals surface area contributed by atoms with Crippen LogP contribution in [-0.2, 0) is 4.74 Å². The first-order valence-corrected chi connectivity index (χ1v) is 8.66. The predicted molar refractivity (Wildman–Crippen MR) is 105 cm³/mol. The fraction of sp³-hybridized carbons (Fsp3) is 0.182. The van der Waals surface area contributed by atoms with Crippen LogP contribution in [0.2, 0.25) is 0 Å². The molecule has 0 spiro atoms. The van der Waals surface area contributed by atoms with Crippen molar-refractivity contribution in [3.63, 3.8) is 0 Å². The average Bonchev–Trinajstić information content (AvgIpc) is 2.66. The van der Waals surface area contributed by atoms with Crippen LogP contribution in [0, 0.1) is 20.8 Å². The van der Waals surface area contributed by atoms with E-state index >= 15 is 0 Å². The molecule has 1 heterocycles. The van der Waals surface area contributed by atoms with Gasteiger partial charge in [-0.05, 0) is 55.7 Å². The van der Waals surface area contributed by atoms with Gasteiger partial charge in [-0.15, -0.1) is 0 Å². The van der Waals surface area contributed by atoms with Crippen LogP contribution in [0.25, 0.3) is 11.0 Å². The van der Waals surface area contributed by atoms with E-state index in [0.717, 1.165) is 16.7 Å². The zero-order chi connectivity index (χ0) is 20.3. The van der Waals surface area contributed by atoms with Gasteiger partial charge in [0.05, 0.1) is 5.39 Å². The minimum Gasteiger partial charge on any atom is -0.460 e. The molecule has 144 valence electrons. The summed E-state index contributed by atoms with van der Waals surface area (Å²) in [5.41, 5.74) is 3.01. The monoisotopic (exact) mass is 380 g/mol. The fourth-order valence-corrected chi connectivity index (χ4v) is 2.70. The number of carbonyl (C=O) groups is 1. The largest absolute Gasteiger partial charge is 0.514 e. The molecule has 0 saturated heterocycles. The van der Waals surface area contributed by atoms with Crippen molar-refractivity contribution in [1.29, 1.82) is 0 Å². The molecule has 0 aliphatic rings. The fourth-order valence-electron chi connectivity index (χ4n) is 2.70. The van der Waals surface area contributed by atoms with Gasteiger partial charge in [0.25, 0.3) is 0 Å². The smallest absolute Gasteiger partial charge is 0.460 e. The molecule has 6 heteroatoms. The van der Waals surface area contributed by atoms with Gasteiger partial charge in [0, 0.05) is 6.07 Å². The van der Waals surface area contributed by atoms with Crippen LogP contribution in [0.5, 0.6) is 17.2 Å². The molecule has 3 aromatic rings. The molecule has 0 aliphatic carbocycles. The number of carbonyl (C=O) groups excluding carboxylic acids is 1. The van der Waals surface area contributed by atoms with Crippen molar-refractivity contribution in [3.8, 4) is 17.2 Å². The van der Waals surface area contributed by atoms with Crippen molar-refractivity contribution in [3.05, 3.63) is 76.2 Å². The molecule has 0 N–H and O–H groups in total. The van der Waals surface area contributed by atoms with E-state index in [1.54, 1.807) is 0 Å². The van der Waals surface area contributed by atoms with E-state index in [4.69, 9.17) is 18.6 Å². The number of rotatable bonds is 5. The molecule has 0 aliphatic heterocycles. The molecule has 0 radical (unpaired) electrons. The predicted octanol–water partition coefficient (Wildman–Crippen LogP) is 5.21. The molecule has 6 nitrogen and oxygen atoms in total. The second-order valence-corrected chi connectivity index (χ2v) is 6.35. The summed E-state index contributed by atoms with van der Waals surface area (Å²) in [5, 5.41) is 0.311. The summed E-state index contributed by atoms with van der Waals surface area (Å²) in [6.07, 6.45) is 1.81. The molecule has 1 aromatic heterocycles. The summed E-state index contributed by atoms with van der Waals surface area (Å²) in [7, 11) is 0. The maximum absolute atomic E-state index is 12.8. The Labute approximate surface area is 162 Å². The minimum atomic E-state index is -0.869. The second-order valence-electron chi connectivity index (χ2n) is 6.35. The van der Waals surface area contributed by atoms with Crippen LogP contribution >= 0.6 is 0 Å². The molecule has 0 atom stereocenters. The average molecular weight is 380 g/mol. The topological polar surface area (TPSA) is 75.0 Å². The third kappa shape index (κ3) is 4.06. The summed E-state index contributed by atoms with van der Waals surface area (Å²) < 4.78 is 21.1. The van der Waals surface area contributed by atoms with Crippen LogP contribution < -0.4 is 14.9 Å². The normalized spacial score (nSPS) is 10.5. The molecule has 0 fully saturated rings. The summed E-state index contributed by atoms with van der Waals surface area (Å²) in [6, 6.07) is 8.36. The van der Waals surface area contributed by atoms with Gasteiger partial charge in [-0.2, -0.15) is 0 Å². The first-order chi connectivity index (χ1) is 13.4. The molecular weight excluding hydrogens is 360 g/mol. The number of ether oxygens (including phenoxy) is 3. The SMILES string of the molecule is C=CCOC(=O)Oc1ccc2c(=O)c(Oc3cc(C)cc(C)c3C)coc2c1. The van der Waals surface area contributed by atoms with Gasteiger partial charge >= 0.3 is 6.16 Å². The third-order valence-electron chi connectivity index (χ3n) is 4.22. The van der Waals surface area contributed by atoms with E-state index in [0.29, 0.717) is 11.1 Å². The molecule has 0 amide bonds. The summed E-state index contributed by atoms with van der Waals surface area (Å²) in [4.78, 5) is 24.3. The van der Waals surface area contributed by atoms with Crippen LogP contribution in [0.1, 0.15) is 16.7 Å². The molecule has 2 aromatic carbocycles. The number of hydrogen-bond donors (Lipinski definition) is 0. The molecule has 0 unspecified atom stereocenters. The molecule has 28 heavy (non-hydrogen) atoms. The van der Waals surface area contributed by atoms with Crippen LogP contribution in [0.3, 0.4) is 0 Å². The first kappa shape index (κ1) is 19.2. The lowest BCUT2D eigenvalue weighted by atomic mass is 10.1. The lowest BCUT2D eigenvalue weighted by Crippen LogP contribution is -2.11. The van der Waals surface area contributed by atoms with E-state index in [1.807, 2.05) is 32.9 Å². The van der Waals surface area contributed by atoms with E-state index in [9.17, 15) is 9.59 Å². The van der Waals surface area contributed by atoms with Crippen LogP contribution in [0.4, 0.5) is 4.79 Å². The molecular formula is C22H20O6. The van der Waals surface area contributed by atoms with Crippen LogP contribution in [-0.4, -0.2) is 12.8 Å². The van der Waals surface area contributed by atoms with Gasteiger partial charge in [0.1, 0.15) is 30.0 Å². The van der Waals surface area contributed by atoms with Crippen molar-refractivity contribution in [2.45, 2.75) is 20.8 Å². The van der Waals surface area contributed by atoms with Gasteiger partial charge in [-0.1, -0.05) is 18.7 Å². The van der Waals surface area contributed by atoms with Gasteiger partial charge in [0.2, 0.25) is 11.2 Å². The highest BCUT2D eigenvalue weighted by molar-refractivity contribution is 5.80. The Morgan fingerprint density at radius 3 is 2.68 bits per heavy atom. The summed E-state index contributed by atoms with van der Waals surface area (Å²) in [5.74, 6) is 0.886. The molecule has 0 saturated carbocycles. The molecule has 0 bridgehead atoms. The van der Waals surface area contributed by atoms with Crippen molar-refractivity contribution in [2.75, 3.05) is 6.61 Å². The Balaban J connectivity index is 1.90. The highest BCUT2D eigenvalue weighted by Gasteiger charge is 2.13. The Kier molecular flexibility index (Phi) is 5.49. The van der Waals surface area contributed by atoms with Crippen molar-refractivity contribution < 1.29 is 23.4 Å². The Morgan fingerprint density at radius 2 is 1.93 bits per heavy atom. The van der Waals surface area contributed by atoms with Gasteiger partial charge in [0.15, 0.2) is 0 Å². The summed E-state index contributed by atoms with van der Waals surface area (Å²) >= 11 is 0. The number of benzene rings is 2. The minimum absolute atomic E-state index is 0.0417. The Bertz CT molecular complexity index is 1110. The van der Waals surface area contributed by atoms with Gasteiger partial charge in [-0.3, -0.25) is 4.79 Å². The first-order valence-electron chi connectivity index (χ1n) is 8.66. The van der Waals surface area contributed by atoms with Crippen molar-refractivity contribution >= 4 is 17.1 Å². The Morgan fingerprint density at radius 1 is 1.14 bits per heavy atom. The van der Waals surface area contributed by atoms with Gasteiger partial charge < -0.3 is 18.6 Å². The summed E-state index contributed by atoms with van der Waals surface area (Å²) in [6.45, 7) is 9.37. The lowest BCUT2D eigenvalue weighted by Gasteiger charge is -2.12. The van der Waals surface area contributed by atoms with E-state index in [1.165, 1.54) is 30.5 Å². The van der Waals surface area contributed by atoms with E-state index in [-0.39, 0.29) is 29.1 Å². The molecule has 3 rings (SSSR count). The van der Waals surface area contributed by atoms with Gasteiger partial charge in [-0.25, -0.2) is 4.79 Å². The van der Waals surface area contributed by atoms with Crippen LogP contribution in [0.15, 0.2) is 58.5 Å². The highest BCUT2D eigenvalue weighted by Crippen LogP contribution is 2.28. The highest BCUT2D eigenvalue weighted by atomic mass is 16.7. The van der Waals surface area contributed by atoms with Crippen molar-refractivity contribution in [1.82, 2.24) is 0 Å². The number of aryl methyl sites for hydroxylation is 2. The quantitative estimate of drug-likeness (QED) is 0.343. The number of hydrogen-bond acceptors (Lipinski definition) is 6.